The van der Waals surface area contributed by atoms with Crippen molar-refractivity contribution in [3.8, 4) is 0 Å². The molecular weight excluding hydrogens is 202 g/mol. The summed E-state index contributed by atoms with van der Waals surface area (Å²) >= 11 is 1.43. The molecule has 5 nitrogen and oxygen atoms in total. The summed E-state index contributed by atoms with van der Waals surface area (Å²) in [6.07, 6.45) is 1.72. The number of rotatable bonds is 6. The molecular formula is C8H15N3O2S. The quantitative estimate of drug-likeness (QED) is 0.599. The number of nitrogens with zero attached hydrogens (tertiary/aromatic N) is 2. The second kappa shape index (κ2) is 5.92. The zero-order valence-electron chi connectivity index (χ0n) is 7.89. The standard InChI is InChI=1S/C8H15N3O2S/c9-8-10-5-7(14-8)6-11(1-3-12)2-4-13/h5,12-13H,1-4,6H2,(H2,9,10). The summed E-state index contributed by atoms with van der Waals surface area (Å²) in [5, 5.41) is 18.1. The molecule has 0 saturated heterocycles. The van der Waals surface area contributed by atoms with Crippen molar-refractivity contribution in [2.75, 3.05) is 32.0 Å². The molecule has 0 aliphatic carbocycles. The number of hydrogen-bond donors (Lipinski definition) is 3. The van der Waals surface area contributed by atoms with Crippen molar-refractivity contribution in [1.82, 2.24) is 9.88 Å². The summed E-state index contributed by atoms with van der Waals surface area (Å²) in [6.45, 7) is 1.97. The zero-order valence-corrected chi connectivity index (χ0v) is 8.70. The average molecular weight is 217 g/mol. The number of anilines is 1. The number of nitrogens with two attached hydrogens (primary N) is 1. The number of aliphatic hydroxyl groups excluding tert-OH is 2. The van der Waals surface area contributed by atoms with E-state index >= 15 is 0 Å². The Bertz CT molecular complexity index is 261. The van der Waals surface area contributed by atoms with E-state index in [9.17, 15) is 0 Å². The molecule has 80 valence electrons. The van der Waals surface area contributed by atoms with E-state index in [1.165, 1.54) is 11.3 Å². The molecule has 14 heavy (non-hydrogen) atoms. The normalized spacial score (nSPS) is 11.1. The lowest BCUT2D eigenvalue weighted by Crippen LogP contribution is -2.28. The van der Waals surface area contributed by atoms with Gasteiger partial charge in [0.2, 0.25) is 0 Å². The van der Waals surface area contributed by atoms with Gasteiger partial charge in [-0.1, -0.05) is 0 Å². The first-order valence-corrected chi connectivity index (χ1v) is 5.22. The molecule has 0 saturated carbocycles. The molecule has 1 aromatic heterocycles. The first-order chi connectivity index (χ1) is 6.76. The monoisotopic (exact) mass is 217 g/mol. The van der Waals surface area contributed by atoms with Gasteiger partial charge in [0.15, 0.2) is 5.13 Å². The van der Waals surface area contributed by atoms with Crippen LogP contribution < -0.4 is 5.73 Å². The van der Waals surface area contributed by atoms with E-state index < -0.39 is 0 Å². The Morgan fingerprint density at radius 1 is 1.36 bits per heavy atom. The topological polar surface area (TPSA) is 82.6 Å². The van der Waals surface area contributed by atoms with Crippen LogP contribution in [0, 0.1) is 0 Å². The Morgan fingerprint density at radius 3 is 2.43 bits per heavy atom. The van der Waals surface area contributed by atoms with Crippen LogP contribution in [0.25, 0.3) is 0 Å². The van der Waals surface area contributed by atoms with Crippen molar-refractivity contribution in [3.63, 3.8) is 0 Å². The molecule has 0 unspecified atom stereocenters. The van der Waals surface area contributed by atoms with E-state index in [0.717, 1.165) is 4.88 Å². The van der Waals surface area contributed by atoms with Gasteiger partial charge in [-0.25, -0.2) is 4.98 Å². The van der Waals surface area contributed by atoms with Crippen LogP contribution in [0.15, 0.2) is 6.20 Å². The minimum atomic E-state index is 0.0916. The summed E-state index contributed by atoms with van der Waals surface area (Å²) in [5.74, 6) is 0. The lowest BCUT2D eigenvalue weighted by Gasteiger charge is -2.18. The lowest BCUT2D eigenvalue weighted by molar-refractivity contribution is 0.157. The van der Waals surface area contributed by atoms with Gasteiger partial charge in [-0.15, -0.1) is 11.3 Å². The molecule has 0 radical (unpaired) electrons. The first kappa shape index (κ1) is 11.4. The van der Waals surface area contributed by atoms with Gasteiger partial charge in [-0.2, -0.15) is 0 Å². The fourth-order valence-electron chi connectivity index (χ4n) is 1.17. The molecule has 0 spiro atoms. The van der Waals surface area contributed by atoms with E-state index in [-0.39, 0.29) is 13.2 Å². The molecule has 0 atom stereocenters. The maximum absolute atomic E-state index is 8.79. The largest absolute Gasteiger partial charge is 0.395 e. The van der Waals surface area contributed by atoms with E-state index in [1.54, 1.807) is 6.20 Å². The zero-order chi connectivity index (χ0) is 10.4. The molecule has 0 bridgehead atoms. The molecule has 6 heteroatoms. The number of aromatic nitrogens is 1. The summed E-state index contributed by atoms with van der Waals surface area (Å²) in [7, 11) is 0. The minimum Gasteiger partial charge on any atom is -0.395 e. The smallest absolute Gasteiger partial charge is 0.180 e. The molecule has 0 aromatic carbocycles. The summed E-state index contributed by atoms with van der Waals surface area (Å²) in [4.78, 5) is 6.93. The van der Waals surface area contributed by atoms with E-state index in [1.807, 2.05) is 4.90 Å². The van der Waals surface area contributed by atoms with Crippen molar-refractivity contribution in [2.45, 2.75) is 6.54 Å². The average Bonchev–Trinajstić information content (AvgIpc) is 2.52. The van der Waals surface area contributed by atoms with Gasteiger partial charge in [0.25, 0.3) is 0 Å². The molecule has 0 amide bonds. The van der Waals surface area contributed by atoms with Crippen LogP contribution in [-0.2, 0) is 6.54 Å². The number of nitrogen functional groups attached to an aromatic ring is 1. The van der Waals surface area contributed by atoms with Crippen LogP contribution in [0.2, 0.25) is 0 Å². The van der Waals surface area contributed by atoms with Crippen LogP contribution in [0.1, 0.15) is 4.88 Å². The van der Waals surface area contributed by atoms with Crippen LogP contribution in [0.3, 0.4) is 0 Å². The SMILES string of the molecule is Nc1ncc(CN(CCO)CCO)s1. The molecule has 1 heterocycles. The Labute approximate surface area is 86.8 Å². The highest BCUT2D eigenvalue weighted by molar-refractivity contribution is 7.15. The predicted octanol–water partition coefficient (Wildman–Crippen LogP) is -0.488. The first-order valence-electron chi connectivity index (χ1n) is 4.40. The van der Waals surface area contributed by atoms with Gasteiger partial charge in [0, 0.05) is 30.7 Å². The van der Waals surface area contributed by atoms with Gasteiger partial charge in [0.1, 0.15) is 0 Å². The fourth-order valence-corrected chi connectivity index (χ4v) is 1.90. The van der Waals surface area contributed by atoms with Crippen molar-refractivity contribution < 1.29 is 10.2 Å². The van der Waals surface area contributed by atoms with Gasteiger partial charge in [-0.3, -0.25) is 4.90 Å². The van der Waals surface area contributed by atoms with E-state index in [4.69, 9.17) is 15.9 Å². The van der Waals surface area contributed by atoms with Crippen molar-refractivity contribution in [1.29, 1.82) is 0 Å². The van der Waals surface area contributed by atoms with Crippen molar-refractivity contribution >= 4 is 16.5 Å². The van der Waals surface area contributed by atoms with Gasteiger partial charge >= 0.3 is 0 Å². The summed E-state index contributed by atoms with van der Waals surface area (Å²) in [5.41, 5.74) is 5.49. The Kier molecular flexibility index (Phi) is 4.81. The second-order valence-corrected chi connectivity index (χ2v) is 4.03. The third-order valence-corrected chi connectivity index (χ3v) is 2.59. The number of hydrogen-bond acceptors (Lipinski definition) is 6. The Balaban J connectivity index is 2.46. The van der Waals surface area contributed by atoms with E-state index in [0.29, 0.717) is 24.8 Å². The van der Waals surface area contributed by atoms with Crippen LogP contribution in [0.4, 0.5) is 5.13 Å². The van der Waals surface area contributed by atoms with E-state index in [2.05, 4.69) is 4.98 Å². The highest BCUT2D eigenvalue weighted by Crippen LogP contribution is 2.16. The molecule has 4 N–H and O–H groups in total. The predicted molar refractivity (Wildman–Crippen MR) is 56.0 cm³/mol. The van der Waals surface area contributed by atoms with Gasteiger partial charge in [-0.05, 0) is 0 Å². The highest BCUT2D eigenvalue weighted by atomic mass is 32.1. The third kappa shape index (κ3) is 3.59. The fraction of sp³-hybridized carbons (Fsp3) is 0.625. The highest BCUT2D eigenvalue weighted by Gasteiger charge is 2.06. The maximum Gasteiger partial charge on any atom is 0.180 e. The van der Waals surface area contributed by atoms with Crippen LogP contribution in [0.5, 0.6) is 0 Å². The van der Waals surface area contributed by atoms with Crippen molar-refractivity contribution in [2.24, 2.45) is 0 Å². The second-order valence-electron chi connectivity index (χ2n) is 2.89. The minimum absolute atomic E-state index is 0.0916. The lowest BCUT2D eigenvalue weighted by atomic mass is 10.4. The Hall–Kier alpha value is -0.690. The molecule has 0 aliphatic rings. The summed E-state index contributed by atoms with van der Waals surface area (Å²) in [6, 6.07) is 0. The maximum atomic E-state index is 8.79. The third-order valence-electron chi connectivity index (χ3n) is 1.78. The number of thiazole rings is 1. The van der Waals surface area contributed by atoms with Gasteiger partial charge < -0.3 is 15.9 Å². The molecule has 0 aliphatic heterocycles. The van der Waals surface area contributed by atoms with Gasteiger partial charge in [0.05, 0.1) is 13.2 Å². The number of aliphatic hydroxyl groups is 2. The molecule has 1 aromatic rings. The van der Waals surface area contributed by atoms with Crippen molar-refractivity contribution in [3.05, 3.63) is 11.1 Å². The summed E-state index contributed by atoms with van der Waals surface area (Å²) < 4.78 is 0. The van der Waals surface area contributed by atoms with Crippen LogP contribution >= 0.6 is 11.3 Å². The Morgan fingerprint density at radius 2 is 2.00 bits per heavy atom. The molecule has 1 rings (SSSR count). The van der Waals surface area contributed by atoms with Crippen LogP contribution in [-0.4, -0.2) is 46.4 Å². The molecule has 0 fully saturated rings.